The molecule has 0 radical (unpaired) electrons. The predicted molar refractivity (Wildman–Crippen MR) is 76.6 cm³/mol. The van der Waals surface area contributed by atoms with Crippen molar-refractivity contribution >= 4 is 17.5 Å². The van der Waals surface area contributed by atoms with Crippen molar-refractivity contribution < 1.29 is 4.79 Å². The molecule has 0 saturated carbocycles. The Balaban J connectivity index is 1.68. The third kappa shape index (κ3) is 2.64. The van der Waals surface area contributed by atoms with Gasteiger partial charge in [-0.15, -0.1) is 0 Å². The molecule has 0 bridgehead atoms. The number of amides is 1. The molecule has 0 unspecified atom stereocenters. The third-order valence-electron chi connectivity index (χ3n) is 3.42. The van der Waals surface area contributed by atoms with Crippen molar-refractivity contribution in [1.29, 1.82) is 0 Å². The van der Waals surface area contributed by atoms with Crippen molar-refractivity contribution in [2.45, 2.75) is 19.4 Å². The van der Waals surface area contributed by atoms with Crippen LogP contribution in [0.3, 0.4) is 0 Å². The molecule has 1 fully saturated rings. The Bertz CT molecular complexity index is 595. The fourth-order valence-corrected chi connectivity index (χ4v) is 2.50. The van der Waals surface area contributed by atoms with Crippen LogP contribution in [-0.4, -0.2) is 33.8 Å². The summed E-state index contributed by atoms with van der Waals surface area (Å²) in [5, 5.41) is 7.09. The van der Waals surface area contributed by atoms with Crippen molar-refractivity contribution in [2.75, 3.05) is 23.3 Å². The Hall–Kier alpha value is -2.37. The van der Waals surface area contributed by atoms with Gasteiger partial charge >= 0.3 is 0 Å². The first kappa shape index (κ1) is 12.7. The van der Waals surface area contributed by atoms with Gasteiger partial charge in [0, 0.05) is 38.5 Å². The van der Waals surface area contributed by atoms with Gasteiger partial charge < -0.3 is 10.2 Å². The molecule has 3 heterocycles. The van der Waals surface area contributed by atoms with Crippen molar-refractivity contribution in [3.63, 3.8) is 0 Å². The number of nitrogens with zero attached hydrogens (tertiary/aromatic N) is 4. The van der Waals surface area contributed by atoms with Gasteiger partial charge in [-0.1, -0.05) is 6.07 Å². The fourth-order valence-electron chi connectivity index (χ4n) is 2.50. The zero-order valence-corrected chi connectivity index (χ0v) is 11.4. The first-order valence-corrected chi connectivity index (χ1v) is 6.71. The van der Waals surface area contributed by atoms with Gasteiger partial charge in [-0.25, -0.2) is 4.98 Å². The van der Waals surface area contributed by atoms with Gasteiger partial charge in [0.25, 0.3) is 0 Å². The first-order chi connectivity index (χ1) is 9.72. The number of pyridine rings is 1. The standard InChI is InChI=1S/C14H17N5O/c1-11(20)16-13-6-9-19(17-13)12-5-8-18(10-12)14-4-2-3-7-15-14/h2-4,6-7,9,12H,5,8,10H2,1H3,(H,16,17,20)/t12-/m1/s1. The third-order valence-corrected chi connectivity index (χ3v) is 3.42. The van der Waals surface area contributed by atoms with Gasteiger partial charge in [-0.05, 0) is 18.6 Å². The highest BCUT2D eigenvalue weighted by atomic mass is 16.1. The van der Waals surface area contributed by atoms with Crippen LogP contribution in [0.2, 0.25) is 0 Å². The van der Waals surface area contributed by atoms with E-state index in [1.165, 1.54) is 6.92 Å². The zero-order chi connectivity index (χ0) is 13.9. The Morgan fingerprint density at radius 3 is 3.05 bits per heavy atom. The van der Waals surface area contributed by atoms with Gasteiger partial charge in [0.2, 0.25) is 5.91 Å². The highest BCUT2D eigenvalue weighted by Gasteiger charge is 2.25. The maximum atomic E-state index is 11.0. The van der Waals surface area contributed by atoms with E-state index in [1.807, 2.05) is 41.3 Å². The van der Waals surface area contributed by atoms with Crippen LogP contribution < -0.4 is 10.2 Å². The number of nitrogens with one attached hydrogen (secondary N) is 1. The lowest BCUT2D eigenvalue weighted by molar-refractivity contribution is -0.114. The van der Waals surface area contributed by atoms with E-state index in [0.717, 1.165) is 25.3 Å². The van der Waals surface area contributed by atoms with Gasteiger partial charge in [0.1, 0.15) is 5.82 Å². The Labute approximate surface area is 117 Å². The molecular weight excluding hydrogens is 254 g/mol. The molecule has 0 aliphatic carbocycles. The number of hydrogen-bond acceptors (Lipinski definition) is 4. The molecule has 1 aliphatic heterocycles. The molecule has 20 heavy (non-hydrogen) atoms. The van der Waals surface area contributed by atoms with Crippen LogP contribution in [-0.2, 0) is 4.79 Å². The number of aromatic nitrogens is 3. The molecule has 104 valence electrons. The smallest absolute Gasteiger partial charge is 0.222 e. The summed E-state index contributed by atoms with van der Waals surface area (Å²) in [5.41, 5.74) is 0. The largest absolute Gasteiger partial charge is 0.354 e. The average molecular weight is 271 g/mol. The SMILES string of the molecule is CC(=O)Nc1ccn([C@@H]2CCN(c3ccccn3)C2)n1. The van der Waals surface area contributed by atoms with E-state index in [-0.39, 0.29) is 5.91 Å². The predicted octanol–water partition coefficient (Wildman–Crippen LogP) is 1.69. The Kier molecular flexibility index (Phi) is 3.37. The molecule has 1 N–H and O–H groups in total. The maximum Gasteiger partial charge on any atom is 0.222 e. The van der Waals surface area contributed by atoms with Crippen LogP contribution in [0, 0.1) is 0 Å². The molecule has 1 amide bonds. The van der Waals surface area contributed by atoms with Gasteiger partial charge in [-0.3, -0.25) is 9.48 Å². The lowest BCUT2D eigenvalue weighted by Gasteiger charge is -2.17. The summed E-state index contributed by atoms with van der Waals surface area (Å²) in [6, 6.07) is 8.08. The Morgan fingerprint density at radius 1 is 1.40 bits per heavy atom. The van der Waals surface area contributed by atoms with E-state index in [9.17, 15) is 4.79 Å². The van der Waals surface area contributed by atoms with Gasteiger partial charge in [0.15, 0.2) is 5.82 Å². The molecule has 2 aromatic heterocycles. The molecule has 1 atom stereocenters. The molecule has 0 spiro atoms. The monoisotopic (exact) mass is 271 g/mol. The van der Waals surface area contributed by atoms with Crippen LogP contribution in [0.4, 0.5) is 11.6 Å². The first-order valence-electron chi connectivity index (χ1n) is 6.71. The second-order valence-electron chi connectivity index (χ2n) is 4.94. The lowest BCUT2D eigenvalue weighted by Crippen LogP contribution is -2.22. The second-order valence-corrected chi connectivity index (χ2v) is 4.94. The van der Waals surface area contributed by atoms with Crippen LogP contribution in [0.5, 0.6) is 0 Å². The summed E-state index contributed by atoms with van der Waals surface area (Å²) in [4.78, 5) is 17.6. The molecule has 6 nitrogen and oxygen atoms in total. The Morgan fingerprint density at radius 2 is 2.30 bits per heavy atom. The van der Waals surface area contributed by atoms with Crippen LogP contribution in [0.15, 0.2) is 36.7 Å². The van der Waals surface area contributed by atoms with Crippen LogP contribution in [0.1, 0.15) is 19.4 Å². The molecule has 0 aromatic carbocycles. The van der Waals surface area contributed by atoms with E-state index >= 15 is 0 Å². The molecule has 1 saturated heterocycles. The topological polar surface area (TPSA) is 63.1 Å². The molecular formula is C14H17N5O. The summed E-state index contributed by atoms with van der Waals surface area (Å²) in [6.45, 7) is 3.34. The summed E-state index contributed by atoms with van der Waals surface area (Å²) < 4.78 is 1.92. The van der Waals surface area contributed by atoms with Gasteiger partial charge in [0.05, 0.1) is 6.04 Å². The zero-order valence-electron chi connectivity index (χ0n) is 11.4. The highest BCUT2D eigenvalue weighted by molar-refractivity contribution is 5.87. The minimum absolute atomic E-state index is 0.100. The van der Waals surface area contributed by atoms with E-state index in [0.29, 0.717) is 11.9 Å². The summed E-state index contributed by atoms with van der Waals surface area (Å²) in [6.07, 6.45) is 4.75. The van der Waals surface area contributed by atoms with E-state index in [4.69, 9.17) is 0 Å². The summed E-state index contributed by atoms with van der Waals surface area (Å²) >= 11 is 0. The molecule has 1 aliphatic rings. The normalized spacial score (nSPS) is 18.2. The van der Waals surface area contributed by atoms with Gasteiger partial charge in [-0.2, -0.15) is 5.10 Å². The maximum absolute atomic E-state index is 11.0. The highest BCUT2D eigenvalue weighted by Crippen LogP contribution is 2.25. The number of carbonyl (C=O) groups is 1. The van der Waals surface area contributed by atoms with E-state index in [2.05, 4.69) is 20.3 Å². The van der Waals surface area contributed by atoms with Crippen LogP contribution in [0.25, 0.3) is 0 Å². The summed E-state index contributed by atoms with van der Waals surface area (Å²) in [5.74, 6) is 1.51. The molecule has 6 heteroatoms. The van der Waals surface area contributed by atoms with Crippen molar-refractivity contribution in [1.82, 2.24) is 14.8 Å². The van der Waals surface area contributed by atoms with Crippen molar-refractivity contribution in [3.8, 4) is 0 Å². The minimum atomic E-state index is -0.100. The number of rotatable bonds is 3. The second kappa shape index (κ2) is 5.32. The summed E-state index contributed by atoms with van der Waals surface area (Å²) in [7, 11) is 0. The van der Waals surface area contributed by atoms with Crippen LogP contribution >= 0.6 is 0 Å². The fraction of sp³-hybridized carbons (Fsp3) is 0.357. The quantitative estimate of drug-likeness (QED) is 0.922. The van der Waals surface area contributed by atoms with Crippen molar-refractivity contribution in [2.24, 2.45) is 0 Å². The number of hydrogen-bond donors (Lipinski definition) is 1. The average Bonchev–Trinajstić information content (AvgIpc) is 3.07. The lowest BCUT2D eigenvalue weighted by atomic mass is 10.3. The number of carbonyl (C=O) groups excluding carboxylic acids is 1. The van der Waals surface area contributed by atoms with Crippen molar-refractivity contribution in [3.05, 3.63) is 36.7 Å². The number of anilines is 2. The van der Waals surface area contributed by atoms with E-state index in [1.54, 1.807) is 0 Å². The molecule has 2 aromatic rings. The molecule has 3 rings (SSSR count). The van der Waals surface area contributed by atoms with E-state index < -0.39 is 0 Å². The minimum Gasteiger partial charge on any atom is -0.354 e.